The molecule has 1 rings (SSSR count). The van der Waals surface area contributed by atoms with Crippen molar-refractivity contribution < 1.29 is 14.5 Å². The molecule has 0 saturated carbocycles. The molecular weight excluding hydrogens is 188 g/mol. The molecule has 0 spiro atoms. The van der Waals surface area contributed by atoms with Crippen LogP contribution in [0.3, 0.4) is 0 Å². The number of rotatable bonds is 3. The molecule has 1 aromatic heterocycles. The lowest BCUT2D eigenvalue weighted by molar-refractivity contribution is -0.385. The molecule has 0 fully saturated rings. The van der Waals surface area contributed by atoms with Gasteiger partial charge in [0.05, 0.1) is 23.3 Å². The number of nitro groups is 1. The van der Waals surface area contributed by atoms with Gasteiger partial charge >= 0.3 is 5.97 Å². The molecule has 1 heterocycles. The smallest absolute Gasteiger partial charge is 0.355 e. The van der Waals surface area contributed by atoms with Crippen LogP contribution in [0, 0.1) is 17.0 Å². The van der Waals surface area contributed by atoms with Crippen molar-refractivity contribution in [1.29, 1.82) is 0 Å². The quantitative estimate of drug-likeness (QED) is 0.452. The normalized spacial score (nSPS) is 9.86. The Balaban J connectivity index is 3.00. The molecule has 0 radical (unpaired) electrons. The van der Waals surface area contributed by atoms with E-state index in [1.165, 1.54) is 13.1 Å². The molecule has 76 valence electrons. The molecular formula is C8H10N2O4. The Morgan fingerprint density at radius 1 is 1.71 bits per heavy atom. The fraction of sp³-hybridized carbons (Fsp3) is 0.375. The van der Waals surface area contributed by atoms with Crippen LogP contribution in [0.25, 0.3) is 0 Å². The van der Waals surface area contributed by atoms with Crippen molar-refractivity contribution in [2.45, 2.75) is 13.8 Å². The van der Waals surface area contributed by atoms with Gasteiger partial charge in [0.25, 0.3) is 5.69 Å². The van der Waals surface area contributed by atoms with Gasteiger partial charge < -0.3 is 9.72 Å². The van der Waals surface area contributed by atoms with Crippen molar-refractivity contribution in [3.63, 3.8) is 0 Å². The first-order valence-corrected chi connectivity index (χ1v) is 4.07. The van der Waals surface area contributed by atoms with Gasteiger partial charge in [0.15, 0.2) is 0 Å². The van der Waals surface area contributed by atoms with Gasteiger partial charge in [-0.2, -0.15) is 0 Å². The molecule has 0 amide bonds. The van der Waals surface area contributed by atoms with E-state index in [4.69, 9.17) is 4.74 Å². The van der Waals surface area contributed by atoms with Crippen molar-refractivity contribution in [2.75, 3.05) is 6.61 Å². The molecule has 0 unspecified atom stereocenters. The fourth-order valence-electron chi connectivity index (χ4n) is 1.09. The van der Waals surface area contributed by atoms with Gasteiger partial charge in [-0.25, -0.2) is 4.79 Å². The molecule has 0 bridgehead atoms. The summed E-state index contributed by atoms with van der Waals surface area (Å²) in [6.45, 7) is 3.41. The number of hydrogen-bond donors (Lipinski definition) is 1. The van der Waals surface area contributed by atoms with Crippen LogP contribution in [0.5, 0.6) is 0 Å². The van der Waals surface area contributed by atoms with Crippen LogP contribution in [0.2, 0.25) is 0 Å². The number of carbonyl (C=O) groups excluding carboxylic acids is 1. The van der Waals surface area contributed by atoms with Crippen LogP contribution in [0.1, 0.15) is 23.0 Å². The molecule has 6 nitrogen and oxygen atoms in total. The number of nitrogens with zero attached hydrogens (tertiary/aromatic N) is 1. The zero-order valence-corrected chi connectivity index (χ0v) is 7.86. The third kappa shape index (κ3) is 1.73. The van der Waals surface area contributed by atoms with Gasteiger partial charge in [-0.1, -0.05) is 0 Å². The second-order valence-corrected chi connectivity index (χ2v) is 2.65. The van der Waals surface area contributed by atoms with E-state index in [0.29, 0.717) is 5.56 Å². The number of ether oxygens (including phenoxy) is 1. The first-order chi connectivity index (χ1) is 6.57. The number of esters is 1. The van der Waals surface area contributed by atoms with Crippen molar-refractivity contribution >= 4 is 11.7 Å². The van der Waals surface area contributed by atoms with Gasteiger partial charge in [-0.3, -0.25) is 10.1 Å². The van der Waals surface area contributed by atoms with Crippen LogP contribution < -0.4 is 0 Å². The zero-order chi connectivity index (χ0) is 10.7. The molecule has 0 aromatic carbocycles. The average Bonchev–Trinajstić information content (AvgIpc) is 2.47. The average molecular weight is 198 g/mol. The Morgan fingerprint density at radius 3 is 2.79 bits per heavy atom. The third-order valence-corrected chi connectivity index (χ3v) is 1.79. The van der Waals surface area contributed by atoms with Crippen molar-refractivity contribution in [3.05, 3.63) is 27.6 Å². The Kier molecular flexibility index (Phi) is 2.85. The number of aromatic nitrogens is 1. The van der Waals surface area contributed by atoms with Gasteiger partial charge in [-0.05, 0) is 13.8 Å². The number of hydrogen-bond acceptors (Lipinski definition) is 4. The van der Waals surface area contributed by atoms with Gasteiger partial charge in [0.2, 0.25) is 0 Å². The lowest BCUT2D eigenvalue weighted by Crippen LogP contribution is -2.06. The van der Waals surface area contributed by atoms with E-state index in [0.717, 1.165) is 0 Å². The maximum absolute atomic E-state index is 11.2. The Hall–Kier alpha value is -1.85. The second-order valence-electron chi connectivity index (χ2n) is 2.65. The standard InChI is InChI=1S/C8H10N2O4/c1-3-14-8(11)7-5(2)6(4-9-7)10(12)13/h4,9H,3H2,1-2H3. The first kappa shape index (κ1) is 10.2. The minimum absolute atomic E-state index is 0.104. The summed E-state index contributed by atoms with van der Waals surface area (Å²) in [7, 11) is 0. The maximum Gasteiger partial charge on any atom is 0.355 e. The summed E-state index contributed by atoms with van der Waals surface area (Å²) in [5.41, 5.74) is 0.333. The first-order valence-electron chi connectivity index (χ1n) is 4.07. The van der Waals surface area contributed by atoms with E-state index in [-0.39, 0.29) is 18.0 Å². The predicted octanol–water partition coefficient (Wildman–Crippen LogP) is 1.41. The summed E-state index contributed by atoms with van der Waals surface area (Å²) >= 11 is 0. The summed E-state index contributed by atoms with van der Waals surface area (Å²) in [6, 6.07) is 0. The molecule has 0 atom stereocenters. The van der Waals surface area contributed by atoms with E-state index in [1.807, 2.05) is 0 Å². The van der Waals surface area contributed by atoms with E-state index >= 15 is 0 Å². The lowest BCUT2D eigenvalue weighted by atomic mass is 10.2. The fourth-order valence-corrected chi connectivity index (χ4v) is 1.09. The highest BCUT2D eigenvalue weighted by molar-refractivity contribution is 5.90. The van der Waals surface area contributed by atoms with Crippen LogP contribution >= 0.6 is 0 Å². The summed E-state index contributed by atoms with van der Waals surface area (Å²) in [5, 5.41) is 10.4. The third-order valence-electron chi connectivity index (χ3n) is 1.79. The van der Waals surface area contributed by atoms with Crippen LogP contribution in [-0.4, -0.2) is 22.5 Å². The Labute approximate surface area is 80.0 Å². The van der Waals surface area contributed by atoms with Crippen molar-refractivity contribution in [1.82, 2.24) is 4.98 Å². The van der Waals surface area contributed by atoms with Crippen molar-refractivity contribution in [2.24, 2.45) is 0 Å². The number of aromatic amines is 1. The van der Waals surface area contributed by atoms with Gasteiger partial charge in [0.1, 0.15) is 5.69 Å². The monoisotopic (exact) mass is 198 g/mol. The minimum Gasteiger partial charge on any atom is -0.461 e. The maximum atomic E-state index is 11.2. The molecule has 1 aromatic rings. The van der Waals surface area contributed by atoms with Gasteiger partial charge in [0, 0.05) is 0 Å². The molecule has 0 aliphatic carbocycles. The van der Waals surface area contributed by atoms with Crippen molar-refractivity contribution in [3.8, 4) is 0 Å². The number of carbonyl (C=O) groups is 1. The minimum atomic E-state index is -0.571. The van der Waals surface area contributed by atoms with E-state index in [1.54, 1.807) is 6.92 Å². The predicted molar refractivity (Wildman–Crippen MR) is 48.1 cm³/mol. The molecule has 0 aliphatic rings. The Bertz CT molecular complexity index is 369. The molecule has 0 aliphatic heterocycles. The highest BCUT2D eigenvalue weighted by Gasteiger charge is 2.21. The highest BCUT2D eigenvalue weighted by Crippen LogP contribution is 2.20. The van der Waals surface area contributed by atoms with Crippen LogP contribution in [-0.2, 0) is 4.74 Å². The summed E-state index contributed by atoms with van der Waals surface area (Å²) in [6.07, 6.45) is 1.18. The van der Waals surface area contributed by atoms with E-state index in [9.17, 15) is 14.9 Å². The Morgan fingerprint density at radius 2 is 2.36 bits per heavy atom. The molecule has 0 saturated heterocycles. The topological polar surface area (TPSA) is 85.2 Å². The molecule has 14 heavy (non-hydrogen) atoms. The van der Waals surface area contributed by atoms with E-state index < -0.39 is 10.9 Å². The SMILES string of the molecule is CCOC(=O)c1[nH]cc([N+](=O)[O-])c1C. The summed E-state index contributed by atoms with van der Waals surface area (Å²) in [5.74, 6) is -0.571. The van der Waals surface area contributed by atoms with Crippen LogP contribution in [0.15, 0.2) is 6.20 Å². The molecule has 1 N–H and O–H groups in total. The lowest BCUT2D eigenvalue weighted by Gasteiger charge is -1.98. The largest absolute Gasteiger partial charge is 0.461 e. The number of H-pyrrole nitrogens is 1. The highest BCUT2D eigenvalue weighted by atomic mass is 16.6. The summed E-state index contributed by atoms with van der Waals surface area (Å²) in [4.78, 5) is 23.7. The second kappa shape index (κ2) is 3.91. The number of nitrogens with one attached hydrogen (secondary N) is 1. The molecule has 6 heteroatoms. The van der Waals surface area contributed by atoms with Crippen LogP contribution in [0.4, 0.5) is 5.69 Å². The summed E-state index contributed by atoms with van der Waals surface area (Å²) < 4.78 is 4.71. The van der Waals surface area contributed by atoms with E-state index in [2.05, 4.69) is 4.98 Å². The van der Waals surface area contributed by atoms with Gasteiger partial charge in [-0.15, -0.1) is 0 Å². The zero-order valence-electron chi connectivity index (χ0n) is 7.86.